The van der Waals surface area contributed by atoms with Gasteiger partial charge in [-0.1, -0.05) is 19.1 Å². The molecule has 128 valence electrons. The summed E-state index contributed by atoms with van der Waals surface area (Å²) in [6, 6.07) is 0.198. The van der Waals surface area contributed by atoms with Crippen molar-refractivity contribution >= 4 is 5.91 Å². The van der Waals surface area contributed by atoms with E-state index >= 15 is 0 Å². The average molecular weight is 320 g/mol. The van der Waals surface area contributed by atoms with E-state index in [4.69, 9.17) is 0 Å². The summed E-state index contributed by atoms with van der Waals surface area (Å²) in [5.74, 6) is 0.838. The van der Waals surface area contributed by atoms with Crippen LogP contribution in [-0.4, -0.2) is 44.0 Å². The lowest BCUT2D eigenvalue weighted by atomic mass is 9.72. The van der Waals surface area contributed by atoms with Gasteiger partial charge in [0.15, 0.2) is 0 Å². The topological polar surface area (TPSA) is 71.2 Å². The Hall–Kier alpha value is -1.43. The number of carbonyl (C=O) groups is 1. The van der Waals surface area contributed by atoms with E-state index in [9.17, 15) is 9.90 Å². The number of aliphatic hydroxyl groups excluding tert-OH is 1. The zero-order valence-corrected chi connectivity index (χ0v) is 14.4. The lowest BCUT2D eigenvalue weighted by Crippen LogP contribution is -2.51. The molecule has 1 aromatic rings. The molecule has 1 aromatic heterocycles. The lowest BCUT2D eigenvalue weighted by molar-refractivity contribution is -0.138. The Balaban J connectivity index is 1.44. The Labute approximate surface area is 137 Å². The summed E-state index contributed by atoms with van der Waals surface area (Å²) in [6.07, 6.45) is 6.69. The van der Waals surface area contributed by atoms with Crippen LogP contribution in [0, 0.1) is 11.3 Å². The Morgan fingerprint density at radius 3 is 2.61 bits per heavy atom. The highest BCUT2D eigenvalue weighted by Crippen LogP contribution is 2.39. The van der Waals surface area contributed by atoms with Crippen LogP contribution in [0.1, 0.15) is 70.7 Å². The second-order valence-corrected chi connectivity index (χ2v) is 8.06. The van der Waals surface area contributed by atoms with E-state index in [0.717, 1.165) is 0 Å². The number of rotatable bonds is 4. The molecule has 2 fully saturated rings. The van der Waals surface area contributed by atoms with Crippen molar-refractivity contribution in [2.24, 2.45) is 11.3 Å². The van der Waals surface area contributed by atoms with Gasteiger partial charge in [-0.05, 0) is 43.9 Å². The van der Waals surface area contributed by atoms with Crippen molar-refractivity contribution < 1.29 is 9.90 Å². The minimum atomic E-state index is -0.600. The molecule has 1 aliphatic heterocycles. The van der Waals surface area contributed by atoms with Gasteiger partial charge in [-0.2, -0.15) is 0 Å². The molecule has 0 aromatic carbocycles. The Morgan fingerprint density at radius 2 is 2.04 bits per heavy atom. The summed E-state index contributed by atoms with van der Waals surface area (Å²) >= 11 is 0. The summed E-state index contributed by atoms with van der Waals surface area (Å²) in [5.41, 5.74) is 1.04. The monoisotopic (exact) mass is 320 g/mol. The van der Waals surface area contributed by atoms with E-state index in [1.807, 2.05) is 4.90 Å². The van der Waals surface area contributed by atoms with E-state index < -0.39 is 6.10 Å². The van der Waals surface area contributed by atoms with Gasteiger partial charge in [-0.3, -0.25) is 4.79 Å². The van der Waals surface area contributed by atoms with E-state index in [1.54, 1.807) is 17.8 Å². The predicted octanol–water partition coefficient (Wildman–Crippen LogP) is 2.32. The van der Waals surface area contributed by atoms with Gasteiger partial charge < -0.3 is 10.0 Å². The second kappa shape index (κ2) is 6.23. The fraction of sp³-hybridized carbons (Fsp3) is 0.824. The first-order valence-electron chi connectivity index (χ1n) is 8.71. The molecule has 0 bridgehead atoms. The number of hydrogen-bond acceptors (Lipinski definition) is 4. The summed E-state index contributed by atoms with van der Waals surface area (Å²) in [6.45, 7) is 7.74. The van der Waals surface area contributed by atoms with E-state index in [1.165, 1.54) is 25.7 Å². The van der Waals surface area contributed by atoms with Gasteiger partial charge in [-0.25, -0.2) is 4.68 Å². The third-order valence-electron chi connectivity index (χ3n) is 5.47. The molecule has 1 saturated carbocycles. The van der Waals surface area contributed by atoms with Crippen LogP contribution in [0.25, 0.3) is 0 Å². The van der Waals surface area contributed by atoms with Crippen molar-refractivity contribution in [1.29, 1.82) is 0 Å². The van der Waals surface area contributed by atoms with Crippen molar-refractivity contribution in [3.05, 3.63) is 11.9 Å². The highest BCUT2D eigenvalue weighted by molar-refractivity contribution is 5.77. The molecule has 0 spiro atoms. The summed E-state index contributed by atoms with van der Waals surface area (Å²) in [5, 5.41) is 17.5. The number of hydrogen-bond donors (Lipinski definition) is 1. The van der Waals surface area contributed by atoms with Gasteiger partial charge in [-0.15, -0.1) is 5.10 Å². The molecule has 6 nitrogen and oxygen atoms in total. The molecule has 2 aliphatic rings. The molecule has 3 rings (SSSR count). The maximum atomic E-state index is 12.4. The van der Waals surface area contributed by atoms with Gasteiger partial charge in [0, 0.05) is 19.5 Å². The molecule has 1 aliphatic carbocycles. The fourth-order valence-electron chi connectivity index (χ4n) is 3.53. The first-order chi connectivity index (χ1) is 10.8. The normalized spacial score (nSPS) is 23.6. The van der Waals surface area contributed by atoms with Crippen LogP contribution < -0.4 is 0 Å². The van der Waals surface area contributed by atoms with Crippen LogP contribution >= 0.6 is 0 Å². The quantitative estimate of drug-likeness (QED) is 0.924. The van der Waals surface area contributed by atoms with Crippen LogP contribution in [0.2, 0.25) is 0 Å². The number of nitrogens with zero attached hydrogens (tertiary/aromatic N) is 4. The average Bonchev–Trinajstić information content (AvgIpc) is 2.89. The molecule has 1 unspecified atom stereocenters. The third-order valence-corrected chi connectivity index (χ3v) is 5.47. The van der Waals surface area contributed by atoms with Crippen molar-refractivity contribution in [2.45, 2.75) is 65.0 Å². The molecule has 2 heterocycles. The smallest absolute Gasteiger partial charge is 0.222 e. The molecular weight excluding hydrogens is 292 g/mol. The maximum absolute atomic E-state index is 12.4. The van der Waals surface area contributed by atoms with E-state index in [2.05, 4.69) is 24.2 Å². The van der Waals surface area contributed by atoms with E-state index in [-0.39, 0.29) is 11.9 Å². The summed E-state index contributed by atoms with van der Waals surface area (Å²) in [4.78, 5) is 14.3. The molecule has 6 heteroatoms. The number of likely N-dealkylation sites (tertiary alicyclic amines) is 1. The third kappa shape index (κ3) is 3.74. The number of amides is 1. The maximum Gasteiger partial charge on any atom is 0.222 e. The first kappa shape index (κ1) is 16.4. The molecule has 23 heavy (non-hydrogen) atoms. The zero-order chi connectivity index (χ0) is 16.6. The molecule has 1 saturated heterocycles. The highest BCUT2D eigenvalue weighted by Gasteiger charge is 2.35. The minimum absolute atomic E-state index is 0.198. The number of aromatic nitrogens is 3. The lowest BCUT2D eigenvalue weighted by Gasteiger charge is -2.40. The number of carbonyl (C=O) groups excluding carboxylic acids is 1. The minimum Gasteiger partial charge on any atom is -0.387 e. The van der Waals surface area contributed by atoms with Crippen molar-refractivity contribution in [3.8, 4) is 0 Å². The first-order valence-corrected chi connectivity index (χ1v) is 8.71. The van der Waals surface area contributed by atoms with Crippen molar-refractivity contribution in [1.82, 2.24) is 19.9 Å². The standard InChI is InChI=1S/C17H28N4O2/c1-12(22)15-11-21(19-18-15)14-9-20(10-14)16(23)8-13-4-6-17(2,3)7-5-13/h11-14,22H,4-10H2,1-3H3. The molecule has 1 atom stereocenters. The zero-order valence-electron chi connectivity index (χ0n) is 14.4. The predicted molar refractivity (Wildman–Crippen MR) is 86.6 cm³/mol. The fourth-order valence-corrected chi connectivity index (χ4v) is 3.53. The van der Waals surface area contributed by atoms with Gasteiger partial charge >= 0.3 is 0 Å². The molecule has 1 amide bonds. The van der Waals surface area contributed by atoms with Crippen LogP contribution in [0.3, 0.4) is 0 Å². The summed E-state index contributed by atoms with van der Waals surface area (Å²) in [7, 11) is 0. The van der Waals surface area contributed by atoms with Crippen LogP contribution in [-0.2, 0) is 4.79 Å². The van der Waals surface area contributed by atoms with Crippen molar-refractivity contribution in [2.75, 3.05) is 13.1 Å². The molecular formula is C17H28N4O2. The van der Waals surface area contributed by atoms with Gasteiger partial charge in [0.1, 0.15) is 5.69 Å². The largest absolute Gasteiger partial charge is 0.387 e. The van der Waals surface area contributed by atoms with Crippen LogP contribution in [0.5, 0.6) is 0 Å². The van der Waals surface area contributed by atoms with E-state index in [0.29, 0.717) is 36.5 Å². The number of aliphatic hydroxyl groups is 1. The molecule has 1 N–H and O–H groups in total. The highest BCUT2D eigenvalue weighted by atomic mass is 16.3. The second-order valence-electron chi connectivity index (χ2n) is 8.06. The van der Waals surface area contributed by atoms with Crippen LogP contribution in [0.4, 0.5) is 0 Å². The summed E-state index contributed by atoms with van der Waals surface area (Å²) < 4.78 is 1.77. The molecule has 0 radical (unpaired) electrons. The van der Waals surface area contributed by atoms with Gasteiger partial charge in [0.25, 0.3) is 0 Å². The Morgan fingerprint density at radius 1 is 1.39 bits per heavy atom. The Bertz CT molecular complexity index is 551. The SMILES string of the molecule is CC(O)c1cn(C2CN(C(=O)CC3CCC(C)(C)CC3)C2)nn1. The Kier molecular flexibility index (Phi) is 4.45. The van der Waals surface area contributed by atoms with Crippen LogP contribution in [0.15, 0.2) is 6.20 Å². The van der Waals surface area contributed by atoms with Gasteiger partial charge in [0.05, 0.1) is 18.3 Å². The van der Waals surface area contributed by atoms with Crippen molar-refractivity contribution in [3.63, 3.8) is 0 Å². The van der Waals surface area contributed by atoms with Gasteiger partial charge in [0.2, 0.25) is 5.91 Å².